The molecule has 0 radical (unpaired) electrons. The highest BCUT2D eigenvalue weighted by Crippen LogP contribution is 2.36. The summed E-state index contributed by atoms with van der Waals surface area (Å²) in [5.74, 6) is 1.16. The Morgan fingerprint density at radius 2 is 1.47 bits per heavy atom. The van der Waals surface area contributed by atoms with Crippen molar-refractivity contribution in [1.82, 2.24) is 10.4 Å². The summed E-state index contributed by atoms with van der Waals surface area (Å²) in [5.41, 5.74) is 7.38. The number of carbonyl (C=O) groups is 1. The molecule has 0 amide bonds. The van der Waals surface area contributed by atoms with Crippen LogP contribution in [0.1, 0.15) is 31.9 Å². The maximum Gasteiger partial charge on any atom is 0.340 e. The van der Waals surface area contributed by atoms with Gasteiger partial charge in [0, 0.05) is 23.4 Å². The van der Waals surface area contributed by atoms with Crippen molar-refractivity contribution in [1.29, 1.82) is 0 Å². The maximum absolute atomic E-state index is 12.9. The number of hydrazine groups is 1. The molecule has 6 heteroatoms. The Balaban J connectivity index is 2.21. The molecule has 0 bridgehead atoms. The van der Waals surface area contributed by atoms with E-state index in [0.717, 1.165) is 33.9 Å². The van der Waals surface area contributed by atoms with E-state index in [1.165, 1.54) is 0 Å². The highest BCUT2D eigenvalue weighted by atomic mass is 16.5. The van der Waals surface area contributed by atoms with Gasteiger partial charge in [0.25, 0.3) is 0 Å². The largest absolute Gasteiger partial charge is 0.497 e. The molecule has 0 aliphatic carbocycles. The molecule has 2 aromatic carbocycles. The van der Waals surface area contributed by atoms with Crippen LogP contribution in [0.4, 0.5) is 0 Å². The molecule has 1 heterocycles. The van der Waals surface area contributed by atoms with Crippen molar-refractivity contribution in [3.63, 3.8) is 0 Å². The predicted octanol–water partition coefficient (Wildman–Crippen LogP) is 4.25. The average Bonchev–Trinajstić information content (AvgIpc) is 2.78. The van der Waals surface area contributed by atoms with Gasteiger partial charge in [-0.05, 0) is 62.7 Å². The second-order valence-corrected chi connectivity index (χ2v) is 7.08. The zero-order chi connectivity index (χ0) is 21.7. The van der Waals surface area contributed by atoms with Crippen LogP contribution < -0.4 is 14.9 Å². The van der Waals surface area contributed by atoms with Crippen LogP contribution in [0.5, 0.6) is 11.5 Å². The lowest BCUT2D eigenvalue weighted by atomic mass is 9.92. The Labute approximate surface area is 177 Å². The van der Waals surface area contributed by atoms with Gasteiger partial charge in [-0.3, -0.25) is 10.4 Å². The second-order valence-electron chi connectivity index (χ2n) is 7.08. The molecule has 0 unspecified atom stereocenters. The summed E-state index contributed by atoms with van der Waals surface area (Å²) in [6, 6.07) is 15.5. The van der Waals surface area contributed by atoms with Gasteiger partial charge < -0.3 is 14.2 Å². The van der Waals surface area contributed by atoms with Crippen molar-refractivity contribution in [2.75, 3.05) is 20.8 Å². The number of benzene rings is 2. The van der Waals surface area contributed by atoms with Gasteiger partial charge in [0.1, 0.15) is 11.5 Å². The highest BCUT2D eigenvalue weighted by molar-refractivity contribution is 6.13. The molecule has 0 spiro atoms. The summed E-state index contributed by atoms with van der Waals surface area (Å²) in [6.45, 7) is 6.21. The molecule has 30 heavy (non-hydrogen) atoms. The molecule has 0 aromatic heterocycles. The van der Waals surface area contributed by atoms with Crippen molar-refractivity contribution in [2.24, 2.45) is 0 Å². The fourth-order valence-electron chi connectivity index (χ4n) is 3.22. The standard InChI is InChI=1S/C24H28N2O4/c1-6-30-24(27)21-15-26(16(2)3)25-23(18-9-13-20(29-5)14-10-18)22(21)17-7-11-19(28-4)12-8-17/h7-16,25H,6H2,1-5H3. The summed E-state index contributed by atoms with van der Waals surface area (Å²) >= 11 is 0. The zero-order valence-electron chi connectivity index (χ0n) is 18.1. The van der Waals surface area contributed by atoms with Gasteiger partial charge in [0.05, 0.1) is 32.1 Å². The Kier molecular flexibility index (Phi) is 6.67. The second kappa shape index (κ2) is 9.39. The lowest BCUT2D eigenvalue weighted by molar-refractivity contribution is -0.138. The quantitative estimate of drug-likeness (QED) is 0.692. The van der Waals surface area contributed by atoms with Gasteiger partial charge in [0.2, 0.25) is 0 Å². The van der Waals surface area contributed by atoms with Crippen LogP contribution >= 0.6 is 0 Å². The Morgan fingerprint density at radius 3 is 1.93 bits per heavy atom. The smallest absolute Gasteiger partial charge is 0.340 e. The fraction of sp³-hybridized carbons (Fsp3) is 0.292. The topological polar surface area (TPSA) is 60.0 Å². The van der Waals surface area contributed by atoms with Gasteiger partial charge in [-0.15, -0.1) is 0 Å². The van der Waals surface area contributed by atoms with E-state index in [1.807, 2.05) is 59.7 Å². The van der Waals surface area contributed by atoms with E-state index in [0.29, 0.717) is 12.2 Å². The number of nitrogens with one attached hydrogen (secondary N) is 1. The number of hydrogen-bond donors (Lipinski definition) is 1. The molecule has 0 saturated carbocycles. The first-order valence-corrected chi connectivity index (χ1v) is 9.95. The number of methoxy groups -OCH3 is 2. The molecule has 0 fully saturated rings. The number of hydrogen-bond acceptors (Lipinski definition) is 6. The third-order valence-corrected chi connectivity index (χ3v) is 4.84. The van der Waals surface area contributed by atoms with E-state index < -0.39 is 0 Å². The molecule has 6 nitrogen and oxygen atoms in total. The first-order valence-electron chi connectivity index (χ1n) is 9.95. The molecular formula is C24H28N2O4. The van der Waals surface area contributed by atoms with E-state index in [4.69, 9.17) is 14.2 Å². The Bertz CT molecular complexity index is 944. The predicted molar refractivity (Wildman–Crippen MR) is 118 cm³/mol. The molecule has 1 N–H and O–H groups in total. The fourth-order valence-corrected chi connectivity index (χ4v) is 3.22. The maximum atomic E-state index is 12.9. The summed E-state index contributed by atoms with van der Waals surface area (Å²) < 4.78 is 16.0. The van der Waals surface area contributed by atoms with Crippen LogP contribution in [0, 0.1) is 0 Å². The molecular weight excluding hydrogens is 380 g/mol. The third-order valence-electron chi connectivity index (χ3n) is 4.84. The van der Waals surface area contributed by atoms with Crippen molar-refractivity contribution in [2.45, 2.75) is 26.8 Å². The van der Waals surface area contributed by atoms with Gasteiger partial charge >= 0.3 is 5.97 Å². The lowest BCUT2D eigenvalue weighted by Crippen LogP contribution is -2.41. The molecule has 0 atom stereocenters. The average molecular weight is 408 g/mol. The molecule has 3 rings (SSSR count). The van der Waals surface area contributed by atoms with Gasteiger partial charge in [-0.25, -0.2) is 4.79 Å². The van der Waals surface area contributed by atoms with E-state index in [-0.39, 0.29) is 12.0 Å². The van der Waals surface area contributed by atoms with Crippen LogP contribution in [-0.4, -0.2) is 37.8 Å². The summed E-state index contributed by atoms with van der Waals surface area (Å²) in [4.78, 5) is 12.9. The molecule has 0 saturated heterocycles. The molecule has 158 valence electrons. The molecule has 2 aromatic rings. The van der Waals surface area contributed by atoms with Crippen LogP contribution in [0.25, 0.3) is 11.3 Å². The number of nitrogens with zero attached hydrogens (tertiary/aromatic N) is 1. The zero-order valence-corrected chi connectivity index (χ0v) is 18.1. The summed E-state index contributed by atoms with van der Waals surface area (Å²) in [7, 11) is 3.27. The first kappa shape index (κ1) is 21.3. The summed E-state index contributed by atoms with van der Waals surface area (Å²) in [6.07, 6.45) is 1.81. The summed E-state index contributed by atoms with van der Waals surface area (Å²) in [5, 5.41) is 1.92. The molecule has 1 aliphatic rings. The number of carbonyl (C=O) groups excluding carboxylic acids is 1. The van der Waals surface area contributed by atoms with Gasteiger partial charge in [0.15, 0.2) is 0 Å². The third kappa shape index (κ3) is 4.43. The van der Waals surface area contributed by atoms with E-state index >= 15 is 0 Å². The first-order chi connectivity index (χ1) is 14.5. The number of esters is 1. The Hall–Kier alpha value is -3.41. The van der Waals surface area contributed by atoms with Crippen LogP contribution in [0.2, 0.25) is 0 Å². The van der Waals surface area contributed by atoms with Crippen molar-refractivity contribution >= 4 is 17.2 Å². The minimum Gasteiger partial charge on any atom is -0.497 e. The van der Waals surface area contributed by atoms with Crippen LogP contribution in [-0.2, 0) is 9.53 Å². The van der Waals surface area contributed by atoms with E-state index in [9.17, 15) is 4.79 Å². The van der Waals surface area contributed by atoms with Crippen LogP contribution in [0.3, 0.4) is 0 Å². The lowest BCUT2D eigenvalue weighted by Gasteiger charge is -2.35. The number of ether oxygens (including phenoxy) is 3. The Morgan fingerprint density at radius 1 is 0.933 bits per heavy atom. The van der Waals surface area contributed by atoms with Crippen molar-refractivity contribution in [3.8, 4) is 11.5 Å². The minimum atomic E-state index is -0.360. The highest BCUT2D eigenvalue weighted by Gasteiger charge is 2.28. The monoisotopic (exact) mass is 408 g/mol. The number of rotatable bonds is 7. The van der Waals surface area contributed by atoms with Gasteiger partial charge in [-0.2, -0.15) is 0 Å². The molecule has 1 aliphatic heterocycles. The van der Waals surface area contributed by atoms with E-state index in [1.54, 1.807) is 21.1 Å². The van der Waals surface area contributed by atoms with Crippen molar-refractivity contribution in [3.05, 3.63) is 71.4 Å². The van der Waals surface area contributed by atoms with Gasteiger partial charge in [-0.1, -0.05) is 12.1 Å². The SMILES string of the molecule is CCOC(=O)C1=CN(C(C)C)NC(c2ccc(OC)cc2)=C1c1ccc(OC)cc1. The van der Waals surface area contributed by atoms with Crippen LogP contribution in [0.15, 0.2) is 60.3 Å². The minimum absolute atomic E-state index is 0.125. The normalized spacial score (nSPS) is 13.7. The van der Waals surface area contributed by atoms with Crippen molar-refractivity contribution < 1.29 is 19.0 Å². The van der Waals surface area contributed by atoms with E-state index in [2.05, 4.69) is 19.3 Å².